The molecular formula is C16H19N3. The van der Waals surface area contributed by atoms with Crippen molar-refractivity contribution in [2.75, 3.05) is 6.54 Å². The molecule has 19 heavy (non-hydrogen) atoms. The summed E-state index contributed by atoms with van der Waals surface area (Å²) in [5.74, 6) is 0. The summed E-state index contributed by atoms with van der Waals surface area (Å²) >= 11 is 0. The zero-order chi connectivity index (χ0) is 12.7. The number of nitrogens with one attached hydrogen (secondary N) is 1. The molecule has 1 aliphatic carbocycles. The van der Waals surface area contributed by atoms with Crippen molar-refractivity contribution in [3.8, 4) is 5.69 Å². The highest BCUT2D eigenvalue weighted by molar-refractivity contribution is 5.49. The number of aromatic nitrogens is 2. The monoisotopic (exact) mass is 253 g/mol. The summed E-state index contributed by atoms with van der Waals surface area (Å²) in [5, 5.41) is 3.45. The van der Waals surface area contributed by atoms with Gasteiger partial charge in [0.2, 0.25) is 0 Å². The smallest absolute Gasteiger partial charge is 0.0997 e. The number of aryl methyl sites for hydroxylation is 1. The van der Waals surface area contributed by atoms with E-state index in [1.165, 1.54) is 47.5 Å². The van der Waals surface area contributed by atoms with Gasteiger partial charge in [0.15, 0.2) is 0 Å². The molecule has 0 atom stereocenters. The topological polar surface area (TPSA) is 29.9 Å². The first-order valence-corrected chi connectivity index (χ1v) is 7.30. The minimum Gasteiger partial charge on any atom is -0.312 e. The van der Waals surface area contributed by atoms with Crippen LogP contribution in [0.5, 0.6) is 0 Å². The van der Waals surface area contributed by atoms with Crippen LogP contribution >= 0.6 is 0 Å². The molecule has 2 aromatic rings. The molecule has 0 fully saturated rings. The van der Waals surface area contributed by atoms with E-state index in [9.17, 15) is 0 Å². The number of hydrogen-bond acceptors (Lipinski definition) is 2. The van der Waals surface area contributed by atoms with Gasteiger partial charge in [-0.05, 0) is 55.8 Å². The fraction of sp³-hybridized carbons (Fsp3) is 0.438. The van der Waals surface area contributed by atoms with Crippen LogP contribution in [-0.4, -0.2) is 16.1 Å². The van der Waals surface area contributed by atoms with Crippen molar-refractivity contribution < 1.29 is 0 Å². The van der Waals surface area contributed by atoms with Gasteiger partial charge < -0.3 is 9.88 Å². The Morgan fingerprint density at radius 2 is 2.05 bits per heavy atom. The molecule has 1 aliphatic heterocycles. The maximum Gasteiger partial charge on any atom is 0.0997 e. The Kier molecular flexibility index (Phi) is 2.66. The van der Waals surface area contributed by atoms with E-state index >= 15 is 0 Å². The molecule has 3 heteroatoms. The standard InChI is InChI=1S/C16H19N3/c1-2-6-16-14(5-1)18-11-19(16)15-7-3-4-12-10-17-9-8-13(12)15/h3-4,7,11,17H,1-2,5-6,8-10H2. The molecule has 0 unspecified atom stereocenters. The normalized spacial score (nSPS) is 17.9. The van der Waals surface area contributed by atoms with Gasteiger partial charge in [-0.15, -0.1) is 0 Å². The summed E-state index contributed by atoms with van der Waals surface area (Å²) in [5.41, 5.74) is 7.07. The van der Waals surface area contributed by atoms with E-state index in [1.807, 2.05) is 6.33 Å². The largest absolute Gasteiger partial charge is 0.312 e. The Morgan fingerprint density at radius 1 is 1.11 bits per heavy atom. The van der Waals surface area contributed by atoms with Crippen LogP contribution < -0.4 is 5.32 Å². The van der Waals surface area contributed by atoms with Crippen molar-refractivity contribution in [2.24, 2.45) is 0 Å². The molecule has 0 radical (unpaired) electrons. The number of fused-ring (bicyclic) bond motifs is 2. The van der Waals surface area contributed by atoms with Gasteiger partial charge in [-0.3, -0.25) is 0 Å². The van der Waals surface area contributed by atoms with Gasteiger partial charge in [0.25, 0.3) is 0 Å². The second-order valence-corrected chi connectivity index (χ2v) is 5.56. The van der Waals surface area contributed by atoms with E-state index in [0.29, 0.717) is 0 Å². The van der Waals surface area contributed by atoms with Crippen LogP contribution in [-0.2, 0) is 25.8 Å². The lowest BCUT2D eigenvalue weighted by Crippen LogP contribution is -2.25. The van der Waals surface area contributed by atoms with Gasteiger partial charge in [-0.25, -0.2) is 4.98 Å². The van der Waals surface area contributed by atoms with Crippen LogP contribution in [0.2, 0.25) is 0 Å². The van der Waals surface area contributed by atoms with Gasteiger partial charge in [-0.2, -0.15) is 0 Å². The van der Waals surface area contributed by atoms with Crippen LogP contribution in [0.15, 0.2) is 24.5 Å². The summed E-state index contributed by atoms with van der Waals surface area (Å²) in [4.78, 5) is 4.63. The lowest BCUT2D eigenvalue weighted by atomic mass is 9.97. The van der Waals surface area contributed by atoms with Crippen LogP contribution in [0.1, 0.15) is 35.4 Å². The number of nitrogens with zero attached hydrogens (tertiary/aromatic N) is 2. The second kappa shape index (κ2) is 4.49. The van der Waals surface area contributed by atoms with E-state index < -0.39 is 0 Å². The first-order valence-electron chi connectivity index (χ1n) is 7.30. The zero-order valence-electron chi connectivity index (χ0n) is 11.2. The molecule has 1 aromatic carbocycles. The highest BCUT2D eigenvalue weighted by Crippen LogP contribution is 2.27. The maximum absolute atomic E-state index is 4.63. The third kappa shape index (κ3) is 1.80. The summed E-state index contributed by atoms with van der Waals surface area (Å²) in [6.45, 7) is 2.08. The second-order valence-electron chi connectivity index (χ2n) is 5.56. The fourth-order valence-electron chi connectivity index (χ4n) is 3.41. The van der Waals surface area contributed by atoms with E-state index in [4.69, 9.17) is 0 Å². The molecule has 1 N–H and O–H groups in total. The molecule has 1 aromatic heterocycles. The van der Waals surface area contributed by atoms with Gasteiger partial charge in [-0.1, -0.05) is 12.1 Å². The average Bonchev–Trinajstić information content (AvgIpc) is 2.90. The molecule has 0 bridgehead atoms. The van der Waals surface area contributed by atoms with Crippen molar-refractivity contribution in [1.82, 2.24) is 14.9 Å². The van der Waals surface area contributed by atoms with Crippen LogP contribution in [0.25, 0.3) is 5.69 Å². The predicted octanol–water partition coefficient (Wildman–Crippen LogP) is 2.40. The van der Waals surface area contributed by atoms with Crippen molar-refractivity contribution in [3.05, 3.63) is 47.0 Å². The van der Waals surface area contributed by atoms with Gasteiger partial charge in [0.1, 0.15) is 0 Å². The molecule has 98 valence electrons. The summed E-state index contributed by atoms with van der Waals surface area (Å²) in [7, 11) is 0. The lowest BCUT2D eigenvalue weighted by Gasteiger charge is -2.22. The van der Waals surface area contributed by atoms with Gasteiger partial charge >= 0.3 is 0 Å². The molecule has 3 nitrogen and oxygen atoms in total. The Labute approximate surface area is 113 Å². The molecule has 4 rings (SSSR count). The van der Waals surface area contributed by atoms with Crippen LogP contribution in [0, 0.1) is 0 Å². The van der Waals surface area contributed by atoms with Gasteiger partial charge in [0, 0.05) is 12.2 Å². The molecular weight excluding hydrogens is 234 g/mol. The summed E-state index contributed by atoms with van der Waals surface area (Å²) < 4.78 is 2.35. The molecule has 2 heterocycles. The van der Waals surface area contributed by atoms with Crippen LogP contribution in [0.3, 0.4) is 0 Å². The van der Waals surface area contributed by atoms with Crippen LogP contribution in [0.4, 0.5) is 0 Å². The quantitative estimate of drug-likeness (QED) is 0.845. The predicted molar refractivity (Wildman–Crippen MR) is 75.6 cm³/mol. The number of hydrogen-bond donors (Lipinski definition) is 1. The molecule has 2 aliphatic rings. The van der Waals surface area contributed by atoms with Crippen molar-refractivity contribution in [2.45, 2.75) is 38.6 Å². The Hall–Kier alpha value is -1.61. The number of imidazole rings is 1. The van der Waals surface area contributed by atoms with Crippen molar-refractivity contribution in [3.63, 3.8) is 0 Å². The number of rotatable bonds is 1. The molecule has 0 spiro atoms. The van der Waals surface area contributed by atoms with E-state index in [0.717, 1.165) is 25.9 Å². The number of benzene rings is 1. The van der Waals surface area contributed by atoms with E-state index in [2.05, 4.69) is 33.1 Å². The Morgan fingerprint density at radius 3 is 3.05 bits per heavy atom. The maximum atomic E-state index is 4.63. The molecule has 0 saturated carbocycles. The highest BCUT2D eigenvalue weighted by Gasteiger charge is 2.19. The highest BCUT2D eigenvalue weighted by atomic mass is 15.1. The van der Waals surface area contributed by atoms with E-state index in [-0.39, 0.29) is 0 Å². The minimum atomic E-state index is 1.00. The first kappa shape index (κ1) is 11.2. The van der Waals surface area contributed by atoms with Crippen molar-refractivity contribution in [1.29, 1.82) is 0 Å². The first-order chi connectivity index (χ1) is 9.43. The SMILES string of the molecule is c1cc2c(c(-n3cnc4c3CCCC4)c1)CCNC2. The van der Waals surface area contributed by atoms with Gasteiger partial charge in [0.05, 0.1) is 17.7 Å². The summed E-state index contributed by atoms with van der Waals surface area (Å²) in [6, 6.07) is 6.67. The molecule has 0 amide bonds. The Bertz CT molecular complexity index is 612. The fourth-order valence-corrected chi connectivity index (χ4v) is 3.41. The Balaban J connectivity index is 1.86. The third-order valence-electron chi connectivity index (χ3n) is 4.41. The average molecular weight is 253 g/mol. The third-order valence-corrected chi connectivity index (χ3v) is 4.41. The zero-order valence-corrected chi connectivity index (χ0v) is 11.2. The minimum absolute atomic E-state index is 1.00. The van der Waals surface area contributed by atoms with E-state index in [1.54, 1.807) is 0 Å². The summed E-state index contributed by atoms with van der Waals surface area (Å²) in [6.07, 6.45) is 8.08. The molecule has 0 saturated heterocycles. The van der Waals surface area contributed by atoms with Crippen molar-refractivity contribution >= 4 is 0 Å². The lowest BCUT2D eigenvalue weighted by molar-refractivity contribution is 0.634.